The number of para-hydroxylation sites is 1. The Kier molecular flexibility index (Phi) is 3.77. The number of halogens is 1. The normalized spacial score (nSPS) is 12.1. The quantitative estimate of drug-likeness (QED) is 0.756. The Morgan fingerprint density at radius 2 is 2.21 bits per heavy atom. The number of carbonyl (C=O) groups is 1. The van der Waals surface area contributed by atoms with E-state index in [1.807, 2.05) is 0 Å². The highest BCUT2D eigenvalue weighted by Crippen LogP contribution is 2.24. The van der Waals surface area contributed by atoms with Gasteiger partial charge in [-0.05, 0) is 18.6 Å². The Bertz CT molecular complexity index is 325. The molecule has 0 saturated carbocycles. The summed E-state index contributed by atoms with van der Waals surface area (Å²) in [7, 11) is 0. The number of carboxylic acid groups (broad SMARTS) is 1. The Hall–Kier alpha value is -1.22. The van der Waals surface area contributed by atoms with Gasteiger partial charge in [-0.2, -0.15) is 0 Å². The van der Waals surface area contributed by atoms with Crippen LogP contribution in [0.15, 0.2) is 24.3 Å². The fourth-order valence-corrected chi connectivity index (χ4v) is 1.17. The maximum atomic E-state index is 10.6. The average molecular weight is 214 g/mol. The number of aliphatic carboxylic acids is 1. The van der Waals surface area contributed by atoms with E-state index in [1.165, 1.54) is 0 Å². The molecule has 0 aliphatic heterocycles. The molecular weight excluding hydrogens is 204 g/mol. The van der Waals surface area contributed by atoms with Crippen LogP contribution in [0.2, 0.25) is 5.02 Å². The van der Waals surface area contributed by atoms with Crippen LogP contribution in [0.5, 0.6) is 5.75 Å². The zero-order valence-corrected chi connectivity index (χ0v) is 8.45. The van der Waals surface area contributed by atoms with Crippen LogP contribution in [0.4, 0.5) is 0 Å². The van der Waals surface area contributed by atoms with Gasteiger partial charge in [0.1, 0.15) is 11.9 Å². The van der Waals surface area contributed by atoms with E-state index in [9.17, 15) is 9.90 Å². The third-order valence-electron chi connectivity index (χ3n) is 1.74. The molecule has 0 N–H and O–H groups in total. The van der Waals surface area contributed by atoms with Crippen LogP contribution < -0.4 is 9.84 Å². The highest BCUT2D eigenvalue weighted by molar-refractivity contribution is 6.32. The highest BCUT2D eigenvalue weighted by Gasteiger charge is 2.10. The van der Waals surface area contributed by atoms with Gasteiger partial charge in [-0.1, -0.05) is 30.7 Å². The second kappa shape index (κ2) is 4.86. The Morgan fingerprint density at radius 3 is 2.71 bits per heavy atom. The van der Waals surface area contributed by atoms with Crippen LogP contribution >= 0.6 is 11.6 Å². The van der Waals surface area contributed by atoms with E-state index in [0.29, 0.717) is 17.2 Å². The molecule has 3 nitrogen and oxygen atoms in total. The molecule has 0 spiro atoms. The molecule has 0 amide bonds. The molecule has 1 aromatic carbocycles. The second-order valence-corrected chi connectivity index (χ2v) is 3.17. The molecule has 0 heterocycles. The molecule has 14 heavy (non-hydrogen) atoms. The zero-order valence-electron chi connectivity index (χ0n) is 7.70. The van der Waals surface area contributed by atoms with Gasteiger partial charge in [0.2, 0.25) is 0 Å². The number of rotatable bonds is 4. The molecular formula is C10H10ClO3-. The van der Waals surface area contributed by atoms with Crippen molar-refractivity contribution in [2.45, 2.75) is 19.4 Å². The minimum absolute atomic E-state index is 0.341. The van der Waals surface area contributed by atoms with Gasteiger partial charge in [-0.25, -0.2) is 0 Å². The van der Waals surface area contributed by atoms with Gasteiger partial charge < -0.3 is 14.6 Å². The monoisotopic (exact) mass is 213 g/mol. The first-order valence-corrected chi connectivity index (χ1v) is 4.65. The Morgan fingerprint density at radius 1 is 1.57 bits per heavy atom. The predicted octanol–water partition coefficient (Wildman–Crippen LogP) is 1.25. The van der Waals surface area contributed by atoms with E-state index in [1.54, 1.807) is 31.2 Å². The van der Waals surface area contributed by atoms with Crippen molar-refractivity contribution in [1.82, 2.24) is 0 Å². The SMILES string of the molecule is CC[C@H](Oc1ccccc1Cl)C(=O)[O-]. The standard InChI is InChI=1S/C10H11ClO3/c1-2-8(10(12)13)14-9-6-4-3-5-7(9)11/h3-6,8H,2H2,1H3,(H,12,13)/p-1/t8-/m0/s1. The molecule has 1 aromatic rings. The number of ether oxygens (including phenoxy) is 1. The summed E-state index contributed by atoms with van der Waals surface area (Å²) >= 11 is 5.79. The van der Waals surface area contributed by atoms with Crippen LogP contribution in [-0.2, 0) is 4.79 Å². The van der Waals surface area contributed by atoms with E-state index in [2.05, 4.69) is 0 Å². The lowest BCUT2D eigenvalue weighted by Gasteiger charge is -2.18. The van der Waals surface area contributed by atoms with Crippen LogP contribution in [0, 0.1) is 0 Å². The highest BCUT2D eigenvalue weighted by atomic mass is 35.5. The third-order valence-corrected chi connectivity index (χ3v) is 2.05. The van der Waals surface area contributed by atoms with Gasteiger partial charge in [0.15, 0.2) is 0 Å². The van der Waals surface area contributed by atoms with Crippen molar-refractivity contribution in [2.24, 2.45) is 0 Å². The molecule has 4 heteroatoms. The van der Waals surface area contributed by atoms with E-state index in [-0.39, 0.29) is 0 Å². The van der Waals surface area contributed by atoms with Crippen molar-refractivity contribution in [3.05, 3.63) is 29.3 Å². The Labute approximate surface area is 87.3 Å². The maximum absolute atomic E-state index is 10.6. The largest absolute Gasteiger partial charge is 0.546 e. The summed E-state index contributed by atoms with van der Waals surface area (Å²) in [5, 5.41) is 11.0. The van der Waals surface area contributed by atoms with E-state index < -0.39 is 12.1 Å². The first-order chi connectivity index (χ1) is 6.65. The van der Waals surface area contributed by atoms with Gasteiger partial charge in [-0.15, -0.1) is 0 Å². The second-order valence-electron chi connectivity index (χ2n) is 2.76. The van der Waals surface area contributed by atoms with E-state index in [0.717, 1.165) is 0 Å². The summed E-state index contributed by atoms with van der Waals surface area (Å²) in [6, 6.07) is 6.73. The molecule has 0 unspecified atom stereocenters. The van der Waals surface area contributed by atoms with Gasteiger partial charge >= 0.3 is 0 Å². The lowest BCUT2D eigenvalue weighted by Crippen LogP contribution is -2.39. The predicted molar refractivity (Wildman–Crippen MR) is 51.2 cm³/mol. The number of benzene rings is 1. The first kappa shape index (κ1) is 10.9. The summed E-state index contributed by atoms with van der Waals surface area (Å²) in [5.74, 6) is -0.863. The van der Waals surface area contributed by atoms with Gasteiger partial charge in [-0.3, -0.25) is 0 Å². The van der Waals surface area contributed by atoms with Crippen molar-refractivity contribution in [3.63, 3.8) is 0 Å². The number of hydrogen-bond acceptors (Lipinski definition) is 3. The summed E-state index contributed by atoms with van der Waals surface area (Å²) in [6.45, 7) is 1.71. The van der Waals surface area contributed by atoms with Crippen molar-refractivity contribution in [1.29, 1.82) is 0 Å². The smallest absolute Gasteiger partial charge is 0.138 e. The van der Waals surface area contributed by atoms with E-state index >= 15 is 0 Å². The van der Waals surface area contributed by atoms with Crippen LogP contribution in [0.1, 0.15) is 13.3 Å². The zero-order chi connectivity index (χ0) is 10.6. The summed E-state index contributed by atoms with van der Waals surface area (Å²) in [4.78, 5) is 10.6. The summed E-state index contributed by atoms with van der Waals surface area (Å²) < 4.78 is 5.16. The minimum Gasteiger partial charge on any atom is -0.546 e. The molecule has 0 bridgehead atoms. The van der Waals surface area contributed by atoms with Crippen molar-refractivity contribution < 1.29 is 14.6 Å². The lowest BCUT2D eigenvalue weighted by molar-refractivity contribution is -0.313. The van der Waals surface area contributed by atoms with Gasteiger partial charge in [0.25, 0.3) is 0 Å². The molecule has 1 rings (SSSR count). The van der Waals surface area contributed by atoms with Crippen molar-refractivity contribution in [3.8, 4) is 5.75 Å². The van der Waals surface area contributed by atoms with E-state index in [4.69, 9.17) is 16.3 Å². The molecule has 0 fully saturated rings. The van der Waals surface area contributed by atoms with Crippen molar-refractivity contribution >= 4 is 17.6 Å². The average Bonchev–Trinajstić information content (AvgIpc) is 2.16. The van der Waals surface area contributed by atoms with Crippen LogP contribution in [-0.4, -0.2) is 12.1 Å². The van der Waals surface area contributed by atoms with Gasteiger partial charge in [0, 0.05) is 0 Å². The third kappa shape index (κ3) is 2.64. The molecule has 0 radical (unpaired) electrons. The molecule has 0 aliphatic rings. The van der Waals surface area contributed by atoms with Crippen LogP contribution in [0.3, 0.4) is 0 Å². The first-order valence-electron chi connectivity index (χ1n) is 4.27. The van der Waals surface area contributed by atoms with Gasteiger partial charge in [0.05, 0.1) is 11.0 Å². The topological polar surface area (TPSA) is 49.4 Å². The molecule has 76 valence electrons. The molecule has 0 aromatic heterocycles. The summed E-state index contributed by atoms with van der Waals surface area (Å²) in [6.07, 6.45) is -0.608. The Balaban J connectivity index is 2.77. The number of hydrogen-bond donors (Lipinski definition) is 0. The lowest BCUT2D eigenvalue weighted by atomic mass is 10.2. The minimum atomic E-state index is -1.23. The fourth-order valence-electron chi connectivity index (χ4n) is 0.992. The molecule has 1 atom stereocenters. The number of carbonyl (C=O) groups excluding carboxylic acids is 1. The molecule has 0 aliphatic carbocycles. The molecule has 0 saturated heterocycles. The summed E-state index contributed by atoms with van der Waals surface area (Å²) in [5.41, 5.74) is 0. The fraction of sp³-hybridized carbons (Fsp3) is 0.300. The number of carboxylic acids is 1. The maximum Gasteiger partial charge on any atom is 0.138 e. The van der Waals surface area contributed by atoms with Crippen LogP contribution in [0.25, 0.3) is 0 Å². The van der Waals surface area contributed by atoms with Crippen molar-refractivity contribution in [2.75, 3.05) is 0 Å².